The van der Waals surface area contributed by atoms with Crippen molar-refractivity contribution in [3.63, 3.8) is 0 Å². The molecule has 0 bridgehead atoms. The zero-order chi connectivity index (χ0) is 15.1. The number of carbonyl (C=O) groups is 1. The van der Waals surface area contributed by atoms with E-state index in [4.69, 9.17) is 11.6 Å². The van der Waals surface area contributed by atoms with Gasteiger partial charge in [0.05, 0.1) is 11.4 Å². The van der Waals surface area contributed by atoms with Crippen molar-refractivity contribution >= 4 is 28.7 Å². The summed E-state index contributed by atoms with van der Waals surface area (Å²) >= 11 is 6.31. The number of hydrogen-bond donors (Lipinski definition) is 0. The molecule has 21 heavy (non-hydrogen) atoms. The maximum Gasteiger partial charge on any atom is 0.222 e. The molecule has 0 spiro atoms. The molecule has 3 rings (SSSR count). The molecule has 1 amide bonds. The standard InChI is InChI=1S/C15H19ClN4O/c1-9-6-12-15(17-7-9)20(14(18-12)10(2)16)11-4-5-13(21)19(3)8-11/h6-7,10-11H,4-5,8H2,1-3H3. The predicted octanol–water partition coefficient (Wildman–Crippen LogP) is 2.83. The maximum atomic E-state index is 11.7. The number of halogens is 1. The Labute approximate surface area is 128 Å². The summed E-state index contributed by atoms with van der Waals surface area (Å²) in [7, 11) is 1.84. The number of piperidine rings is 1. The largest absolute Gasteiger partial charge is 0.344 e. The van der Waals surface area contributed by atoms with E-state index < -0.39 is 0 Å². The number of pyridine rings is 1. The van der Waals surface area contributed by atoms with Crippen LogP contribution in [0.5, 0.6) is 0 Å². The zero-order valence-electron chi connectivity index (χ0n) is 12.5. The van der Waals surface area contributed by atoms with Crippen LogP contribution < -0.4 is 0 Å². The summed E-state index contributed by atoms with van der Waals surface area (Å²) in [5, 5.41) is -0.192. The number of fused-ring (bicyclic) bond motifs is 1. The third kappa shape index (κ3) is 2.50. The van der Waals surface area contributed by atoms with Crippen LogP contribution in [0.3, 0.4) is 0 Å². The summed E-state index contributed by atoms with van der Waals surface area (Å²) in [5.74, 6) is 1.03. The fraction of sp³-hybridized carbons (Fsp3) is 0.533. The second-order valence-electron chi connectivity index (χ2n) is 5.78. The van der Waals surface area contributed by atoms with Gasteiger partial charge in [-0.3, -0.25) is 4.79 Å². The number of likely N-dealkylation sites (N-methyl/N-ethyl adjacent to an activating group) is 1. The van der Waals surface area contributed by atoms with Gasteiger partial charge in [0.2, 0.25) is 5.91 Å². The van der Waals surface area contributed by atoms with Crippen molar-refractivity contribution in [1.29, 1.82) is 0 Å². The molecule has 6 heteroatoms. The molecule has 2 aromatic rings. The van der Waals surface area contributed by atoms with Gasteiger partial charge in [0.15, 0.2) is 5.65 Å². The molecule has 2 aromatic heterocycles. The number of carbonyl (C=O) groups excluding carboxylic acids is 1. The average molecular weight is 307 g/mol. The van der Waals surface area contributed by atoms with E-state index in [0.717, 1.165) is 29.0 Å². The molecule has 2 atom stereocenters. The lowest BCUT2D eigenvalue weighted by molar-refractivity contribution is -0.132. The van der Waals surface area contributed by atoms with Gasteiger partial charge in [-0.2, -0.15) is 0 Å². The minimum Gasteiger partial charge on any atom is -0.344 e. The van der Waals surface area contributed by atoms with Crippen molar-refractivity contribution in [3.05, 3.63) is 23.7 Å². The fourth-order valence-corrected chi connectivity index (χ4v) is 3.10. The van der Waals surface area contributed by atoms with Crippen LogP contribution in [0.25, 0.3) is 11.2 Å². The summed E-state index contributed by atoms with van der Waals surface area (Å²) in [6.07, 6.45) is 3.21. The molecule has 1 saturated heterocycles. The Balaban J connectivity index is 2.11. The lowest BCUT2D eigenvalue weighted by Crippen LogP contribution is -2.38. The fourth-order valence-electron chi connectivity index (χ4n) is 2.94. The van der Waals surface area contributed by atoms with E-state index in [0.29, 0.717) is 13.0 Å². The van der Waals surface area contributed by atoms with Gasteiger partial charge in [0, 0.05) is 26.2 Å². The van der Waals surface area contributed by atoms with Crippen LogP contribution >= 0.6 is 11.6 Å². The third-order valence-electron chi connectivity index (χ3n) is 4.02. The Hall–Kier alpha value is -1.62. The summed E-state index contributed by atoms with van der Waals surface area (Å²) in [6, 6.07) is 2.21. The maximum absolute atomic E-state index is 11.7. The number of aromatic nitrogens is 3. The van der Waals surface area contributed by atoms with Crippen LogP contribution in [0.4, 0.5) is 0 Å². The van der Waals surface area contributed by atoms with E-state index in [-0.39, 0.29) is 17.3 Å². The van der Waals surface area contributed by atoms with Gasteiger partial charge in [0.1, 0.15) is 11.3 Å². The first-order valence-corrected chi connectivity index (χ1v) is 7.63. The van der Waals surface area contributed by atoms with Crippen LogP contribution in [-0.2, 0) is 4.79 Å². The molecule has 0 radical (unpaired) electrons. The Bertz CT molecular complexity index is 694. The number of aryl methyl sites for hydroxylation is 1. The number of hydrogen-bond acceptors (Lipinski definition) is 3. The molecule has 0 aliphatic carbocycles. The van der Waals surface area contributed by atoms with Gasteiger partial charge in [0.25, 0.3) is 0 Å². The van der Waals surface area contributed by atoms with Crippen LogP contribution in [0.2, 0.25) is 0 Å². The lowest BCUT2D eigenvalue weighted by Gasteiger charge is -2.31. The van der Waals surface area contributed by atoms with Crippen molar-refractivity contribution in [2.45, 2.75) is 38.1 Å². The van der Waals surface area contributed by atoms with Gasteiger partial charge < -0.3 is 9.47 Å². The van der Waals surface area contributed by atoms with Gasteiger partial charge >= 0.3 is 0 Å². The van der Waals surface area contributed by atoms with Crippen LogP contribution in [0.1, 0.15) is 42.6 Å². The first-order chi connectivity index (χ1) is 9.97. The minimum atomic E-state index is -0.192. The van der Waals surface area contributed by atoms with Crippen LogP contribution in [-0.4, -0.2) is 38.9 Å². The first kappa shape index (κ1) is 14.3. The molecule has 1 aliphatic heterocycles. The highest BCUT2D eigenvalue weighted by Crippen LogP contribution is 2.31. The van der Waals surface area contributed by atoms with Crippen molar-refractivity contribution < 1.29 is 4.79 Å². The Morgan fingerprint density at radius 2 is 2.24 bits per heavy atom. The number of imidazole rings is 1. The van der Waals surface area contributed by atoms with E-state index >= 15 is 0 Å². The Morgan fingerprint density at radius 1 is 1.48 bits per heavy atom. The van der Waals surface area contributed by atoms with Gasteiger partial charge in [-0.05, 0) is 31.9 Å². The molecule has 1 aliphatic rings. The van der Waals surface area contributed by atoms with E-state index in [1.54, 1.807) is 4.90 Å². The van der Waals surface area contributed by atoms with E-state index in [9.17, 15) is 4.79 Å². The molecule has 1 fully saturated rings. The highest BCUT2D eigenvalue weighted by Gasteiger charge is 2.28. The van der Waals surface area contributed by atoms with E-state index in [2.05, 4.69) is 14.5 Å². The summed E-state index contributed by atoms with van der Waals surface area (Å²) in [6.45, 7) is 4.60. The Morgan fingerprint density at radius 3 is 2.90 bits per heavy atom. The molecule has 0 N–H and O–H groups in total. The molecule has 0 aromatic carbocycles. The second-order valence-corrected chi connectivity index (χ2v) is 6.43. The SMILES string of the molecule is Cc1cnc2c(c1)nc(C(C)Cl)n2C1CCC(=O)N(C)C1. The lowest BCUT2D eigenvalue weighted by atomic mass is 10.1. The number of likely N-dealkylation sites (tertiary alicyclic amines) is 1. The molecular formula is C15H19ClN4O. The molecule has 112 valence electrons. The highest BCUT2D eigenvalue weighted by atomic mass is 35.5. The Kier molecular flexibility index (Phi) is 3.61. The molecule has 0 saturated carbocycles. The van der Waals surface area contributed by atoms with Crippen molar-refractivity contribution in [2.24, 2.45) is 0 Å². The van der Waals surface area contributed by atoms with Crippen molar-refractivity contribution in [3.8, 4) is 0 Å². The number of amides is 1. The van der Waals surface area contributed by atoms with Gasteiger partial charge in [-0.15, -0.1) is 11.6 Å². The topological polar surface area (TPSA) is 51.0 Å². The summed E-state index contributed by atoms with van der Waals surface area (Å²) < 4.78 is 2.12. The number of rotatable bonds is 2. The minimum absolute atomic E-state index is 0.184. The van der Waals surface area contributed by atoms with E-state index in [1.165, 1.54) is 0 Å². The molecular weight excluding hydrogens is 288 g/mol. The van der Waals surface area contributed by atoms with Crippen molar-refractivity contribution in [1.82, 2.24) is 19.4 Å². The zero-order valence-corrected chi connectivity index (χ0v) is 13.3. The quantitative estimate of drug-likeness (QED) is 0.802. The third-order valence-corrected chi connectivity index (χ3v) is 4.21. The predicted molar refractivity (Wildman–Crippen MR) is 82.4 cm³/mol. The van der Waals surface area contributed by atoms with Gasteiger partial charge in [-0.1, -0.05) is 0 Å². The monoisotopic (exact) mass is 306 g/mol. The molecule has 5 nitrogen and oxygen atoms in total. The smallest absolute Gasteiger partial charge is 0.222 e. The highest BCUT2D eigenvalue weighted by molar-refractivity contribution is 6.20. The number of nitrogens with zero attached hydrogens (tertiary/aromatic N) is 4. The van der Waals surface area contributed by atoms with Crippen molar-refractivity contribution in [2.75, 3.05) is 13.6 Å². The van der Waals surface area contributed by atoms with E-state index in [1.807, 2.05) is 33.2 Å². The van der Waals surface area contributed by atoms with Crippen LogP contribution in [0.15, 0.2) is 12.3 Å². The first-order valence-electron chi connectivity index (χ1n) is 7.20. The number of alkyl halides is 1. The molecule has 2 unspecified atom stereocenters. The summed E-state index contributed by atoms with van der Waals surface area (Å²) in [4.78, 5) is 22.7. The van der Waals surface area contributed by atoms with Crippen LogP contribution in [0, 0.1) is 6.92 Å². The average Bonchev–Trinajstić information content (AvgIpc) is 2.80. The normalized spacial score (nSPS) is 21.0. The van der Waals surface area contributed by atoms with Gasteiger partial charge in [-0.25, -0.2) is 9.97 Å². The molecule has 3 heterocycles. The second kappa shape index (κ2) is 5.30. The summed E-state index contributed by atoms with van der Waals surface area (Å²) in [5.41, 5.74) is 2.81.